The van der Waals surface area contributed by atoms with Gasteiger partial charge < -0.3 is 0 Å². The zero-order valence-electron chi connectivity index (χ0n) is 22.9. The number of rotatable bonds is 2. The Labute approximate surface area is 244 Å². The number of benzene rings is 7. The van der Waals surface area contributed by atoms with Crippen molar-refractivity contribution in [1.29, 1.82) is 0 Å². The molecular formula is C42H24. The molecule has 7 aromatic rings. The zero-order valence-corrected chi connectivity index (χ0v) is 22.9. The van der Waals surface area contributed by atoms with Crippen LogP contribution in [-0.2, 0) is 0 Å². The van der Waals surface area contributed by atoms with Crippen LogP contribution in [0.15, 0.2) is 133 Å². The van der Waals surface area contributed by atoms with Gasteiger partial charge in [0.1, 0.15) is 0 Å². The molecule has 0 aliphatic heterocycles. The summed E-state index contributed by atoms with van der Waals surface area (Å²) in [7, 11) is 0. The molecule has 10 rings (SSSR count). The van der Waals surface area contributed by atoms with E-state index in [4.69, 9.17) is 0 Å². The molecule has 0 bridgehead atoms. The fourth-order valence-electron chi connectivity index (χ4n) is 7.84. The Balaban J connectivity index is 1.45. The molecule has 0 saturated carbocycles. The van der Waals surface area contributed by atoms with Gasteiger partial charge in [-0.25, -0.2) is 0 Å². The van der Waals surface area contributed by atoms with E-state index in [0.29, 0.717) is 0 Å². The van der Waals surface area contributed by atoms with Gasteiger partial charge in [0.25, 0.3) is 0 Å². The molecule has 0 unspecified atom stereocenters. The number of fused-ring (bicyclic) bond motifs is 9. The lowest BCUT2D eigenvalue weighted by Gasteiger charge is -2.17. The third-order valence-electron chi connectivity index (χ3n) is 9.53. The third kappa shape index (κ3) is 2.77. The predicted octanol–water partition coefficient (Wildman–Crippen LogP) is 10.9. The molecule has 0 nitrogen and oxygen atoms in total. The molecule has 0 saturated heterocycles. The normalized spacial score (nSPS) is 14.4. The van der Waals surface area contributed by atoms with Crippen LogP contribution in [0.5, 0.6) is 0 Å². The van der Waals surface area contributed by atoms with E-state index in [0.717, 1.165) is 0 Å². The summed E-state index contributed by atoms with van der Waals surface area (Å²) >= 11 is 0. The lowest BCUT2D eigenvalue weighted by molar-refractivity contribution is 1.57. The van der Waals surface area contributed by atoms with Gasteiger partial charge in [0, 0.05) is 0 Å². The molecule has 3 aliphatic rings. The Kier molecular flexibility index (Phi) is 4.27. The van der Waals surface area contributed by atoms with Gasteiger partial charge in [-0.1, -0.05) is 146 Å². The van der Waals surface area contributed by atoms with Crippen molar-refractivity contribution < 1.29 is 0 Å². The molecule has 3 aliphatic carbocycles. The summed E-state index contributed by atoms with van der Waals surface area (Å²) in [5.74, 6) is 0. The first-order valence-corrected chi connectivity index (χ1v) is 14.7. The lowest BCUT2D eigenvalue weighted by atomic mass is 9.86. The summed E-state index contributed by atoms with van der Waals surface area (Å²) in [6, 6.07) is 49.6. The van der Waals surface area contributed by atoms with Crippen LogP contribution < -0.4 is 0 Å². The molecule has 7 aromatic carbocycles. The first-order valence-electron chi connectivity index (χ1n) is 14.7. The summed E-state index contributed by atoms with van der Waals surface area (Å²) in [5, 5.41) is 7.88. The minimum atomic E-state index is 1.27. The molecule has 0 radical (unpaired) electrons. The average molecular weight is 529 g/mol. The molecule has 0 fully saturated rings. The third-order valence-corrected chi connectivity index (χ3v) is 9.53. The molecule has 0 atom stereocenters. The van der Waals surface area contributed by atoms with Gasteiger partial charge in [0.2, 0.25) is 0 Å². The van der Waals surface area contributed by atoms with Crippen LogP contribution in [0.3, 0.4) is 0 Å². The second-order valence-electron chi connectivity index (χ2n) is 11.6. The molecule has 0 aromatic heterocycles. The summed E-state index contributed by atoms with van der Waals surface area (Å²) in [6.45, 7) is 0. The van der Waals surface area contributed by atoms with Crippen molar-refractivity contribution in [3.05, 3.63) is 178 Å². The molecule has 192 valence electrons. The number of allylic oxidation sites excluding steroid dienone is 2. The van der Waals surface area contributed by atoms with Gasteiger partial charge in [-0.15, -0.1) is 0 Å². The highest BCUT2D eigenvalue weighted by atomic mass is 14.4. The van der Waals surface area contributed by atoms with E-state index in [1.54, 1.807) is 0 Å². The van der Waals surface area contributed by atoms with Crippen LogP contribution in [0.4, 0.5) is 0 Å². The Hall–Kier alpha value is -5.46. The van der Waals surface area contributed by atoms with Gasteiger partial charge >= 0.3 is 0 Å². The fourth-order valence-corrected chi connectivity index (χ4v) is 7.84. The zero-order chi connectivity index (χ0) is 27.4. The van der Waals surface area contributed by atoms with Crippen molar-refractivity contribution in [1.82, 2.24) is 0 Å². The molecule has 42 heavy (non-hydrogen) atoms. The monoisotopic (exact) mass is 528 g/mol. The predicted molar refractivity (Wildman–Crippen MR) is 179 cm³/mol. The van der Waals surface area contributed by atoms with Gasteiger partial charge in [0.05, 0.1) is 0 Å². The summed E-state index contributed by atoms with van der Waals surface area (Å²) in [4.78, 5) is 0. The maximum atomic E-state index is 2.37. The highest BCUT2D eigenvalue weighted by Crippen LogP contribution is 2.61. The van der Waals surface area contributed by atoms with E-state index >= 15 is 0 Å². The molecule has 0 heteroatoms. The van der Waals surface area contributed by atoms with Crippen molar-refractivity contribution in [2.45, 2.75) is 0 Å². The van der Waals surface area contributed by atoms with Gasteiger partial charge in [-0.2, -0.15) is 0 Å². The van der Waals surface area contributed by atoms with Crippen LogP contribution in [0.2, 0.25) is 0 Å². The molecular weight excluding hydrogens is 504 g/mol. The standard InChI is InChI=1S/C42H24/c1-2-11-27(12-3-1)37-38-30-14-6-4-9-25(30)19-23-34(38)42-40(33-22-21-29-18-17-28-13-8-16-32(33)36(28)29)39-31-15-7-5-10-26(31)20-24-35(39)41(37)42/h1-24H. The summed E-state index contributed by atoms with van der Waals surface area (Å²) < 4.78 is 0. The lowest BCUT2D eigenvalue weighted by Crippen LogP contribution is -1.96. The van der Waals surface area contributed by atoms with Gasteiger partial charge in [-0.05, 0) is 99.1 Å². The Morgan fingerprint density at radius 1 is 0.310 bits per heavy atom. The SMILES string of the molecule is C1=Cc2ccc(C3=C4C(=C(c5ccccc5)c5c4ccc4ccccc54)c4ccc5ccccc5c43)c3cccc1c23. The minimum absolute atomic E-state index is 1.27. The Morgan fingerprint density at radius 2 is 0.857 bits per heavy atom. The van der Waals surface area contributed by atoms with Gasteiger partial charge in [0.15, 0.2) is 0 Å². The van der Waals surface area contributed by atoms with Crippen molar-refractivity contribution >= 4 is 66.8 Å². The van der Waals surface area contributed by atoms with Crippen molar-refractivity contribution in [2.24, 2.45) is 0 Å². The van der Waals surface area contributed by atoms with Crippen molar-refractivity contribution in [3.63, 3.8) is 0 Å². The van der Waals surface area contributed by atoms with Crippen LogP contribution in [-0.4, -0.2) is 0 Å². The molecule has 0 spiro atoms. The van der Waals surface area contributed by atoms with Crippen LogP contribution in [0, 0.1) is 0 Å². The van der Waals surface area contributed by atoms with Crippen molar-refractivity contribution in [2.75, 3.05) is 0 Å². The quantitative estimate of drug-likeness (QED) is 0.209. The van der Waals surface area contributed by atoms with E-state index < -0.39 is 0 Å². The van der Waals surface area contributed by atoms with E-state index in [1.165, 1.54) is 99.1 Å². The van der Waals surface area contributed by atoms with Crippen molar-refractivity contribution in [3.8, 4) is 0 Å². The largest absolute Gasteiger partial charge is 0.0622 e. The maximum Gasteiger partial charge on any atom is -0.000696 e. The van der Waals surface area contributed by atoms with E-state index in [1.807, 2.05) is 0 Å². The Morgan fingerprint density at radius 3 is 1.57 bits per heavy atom. The average Bonchev–Trinajstić information content (AvgIpc) is 3.73. The molecule has 0 amide bonds. The van der Waals surface area contributed by atoms with Gasteiger partial charge in [-0.3, -0.25) is 0 Å². The first-order chi connectivity index (χ1) is 20.9. The van der Waals surface area contributed by atoms with E-state index in [2.05, 4.69) is 146 Å². The van der Waals surface area contributed by atoms with E-state index in [-0.39, 0.29) is 0 Å². The second-order valence-corrected chi connectivity index (χ2v) is 11.6. The molecule has 0 heterocycles. The smallest absolute Gasteiger partial charge is 0.000696 e. The van der Waals surface area contributed by atoms with Crippen LogP contribution in [0.1, 0.15) is 44.5 Å². The molecule has 0 N–H and O–H groups in total. The first kappa shape index (κ1) is 22.3. The highest BCUT2D eigenvalue weighted by molar-refractivity contribution is 6.39. The Bertz CT molecular complexity index is 2420. The highest BCUT2D eigenvalue weighted by Gasteiger charge is 2.39. The van der Waals surface area contributed by atoms with E-state index in [9.17, 15) is 0 Å². The minimum Gasteiger partial charge on any atom is -0.0622 e. The number of hydrogen-bond acceptors (Lipinski definition) is 0. The van der Waals surface area contributed by atoms with Crippen LogP contribution in [0.25, 0.3) is 66.8 Å². The summed E-state index contributed by atoms with van der Waals surface area (Å²) in [5.41, 5.74) is 16.0. The topological polar surface area (TPSA) is 0 Å². The fraction of sp³-hybridized carbons (Fsp3) is 0. The maximum absolute atomic E-state index is 2.37. The number of hydrogen-bond donors (Lipinski definition) is 0. The summed E-state index contributed by atoms with van der Waals surface area (Å²) in [6.07, 6.45) is 4.51. The second kappa shape index (κ2) is 8.06. The van der Waals surface area contributed by atoms with Crippen LogP contribution >= 0.6 is 0 Å².